The summed E-state index contributed by atoms with van der Waals surface area (Å²) in [6.07, 6.45) is 12.7. The lowest BCUT2D eigenvalue weighted by Gasteiger charge is -2.28. The zero-order valence-electron chi connectivity index (χ0n) is 15.9. The Morgan fingerprint density at radius 2 is 2.15 bits per heavy atom. The van der Waals surface area contributed by atoms with E-state index in [0.717, 1.165) is 51.4 Å². The Balaban J connectivity index is 1.71. The van der Waals surface area contributed by atoms with E-state index in [1.807, 2.05) is 6.08 Å². The highest BCUT2D eigenvalue weighted by Crippen LogP contribution is 2.40. The molecular formula is C21H31ClO5. The fourth-order valence-electron chi connectivity index (χ4n) is 3.68. The predicted molar refractivity (Wildman–Crippen MR) is 105 cm³/mol. The van der Waals surface area contributed by atoms with E-state index in [-0.39, 0.29) is 42.2 Å². The van der Waals surface area contributed by atoms with Crippen LogP contribution >= 0.6 is 11.6 Å². The molecule has 1 aliphatic heterocycles. The summed E-state index contributed by atoms with van der Waals surface area (Å²) in [6.45, 7) is 4.49. The minimum atomic E-state index is -0.204. The van der Waals surface area contributed by atoms with Gasteiger partial charge in [-0.25, -0.2) is 0 Å². The van der Waals surface area contributed by atoms with Gasteiger partial charge >= 0.3 is 5.97 Å². The molecule has 2 rings (SSSR count). The Hall–Kier alpha value is -1.17. The van der Waals surface area contributed by atoms with Crippen molar-refractivity contribution < 1.29 is 23.8 Å². The molecule has 0 spiro atoms. The number of aldehydes is 1. The van der Waals surface area contributed by atoms with Crippen molar-refractivity contribution in [3.05, 3.63) is 24.8 Å². The van der Waals surface area contributed by atoms with E-state index in [0.29, 0.717) is 12.8 Å². The fraction of sp³-hybridized carbons (Fsp3) is 0.714. The van der Waals surface area contributed by atoms with E-state index in [9.17, 15) is 9.59 Å². The maximum atomic E-state index is 11.6. The van der Waals surface area contributed by atoms with Crippen molar-refractivity contribution in [1.29, 1.82) is 0 Å². The summed E-state index contributed by atoms with van der Waals surface area (Å²) in [5.41, 5.74) is 0. The number of rotatable bonds is 11. The van der Waals surface area contributed by atoms with Crippen LogP contribution in [0.1, 0.15) is 51.4 Å². The second-order valence-electron chi connectivity index (χ2n) is 7.17. The van der Waals surface area contributed by atoms with Gasteiger partial charge in [0.2, 0.25) is 0 Å². The molecule has 1 aliphatic carbocycles. The molecule has 27 heavy (non-hydrogen) atoms. The highest BCUT2D eigenvalue weighted by Gasteiger charge is 2.43. The van der Waals surface area contributed by atoms with Gasteiger partial charge in [0.15, 0.2) is 6.29 Å². The summed E-state index contributed by atoms with van der Waals surface area (Å²) in [4.78, 5) is 23.0. The molecule has 5 atom stereocenters. The monoisotopic (exact) mass is 398 g/mol. The Morgan fingerprint density at radius 1 is 1.30 bits per heavy atom. The van der Waals surface area contributed by atoms with Crippen LogP contribution in [0.2, 0.25) is 0 Å². The highest BCUT2D eigenvalue weighted by molar-refractivity contribution is 6.21. The number of halogens is 1. The van der Waals surface area contributed by atoms with Gasteiger partial charge in [0.05, 0.1) is 6.10 Å². The molecule has 1 saturated carbocycles. The third kappa shape index (κ3) is 7.40. The minimum absolute atomic E-state index is 0.0755. The first kappa shape index (κ1) is 22.1. The van der Waals surface area contributed by atoms with Gasteiger partial charge in [0.25, 0.3) is 0 Å². The van der Waals surface area contributed by atoms with Crippen molar-refractivity contribution in [2.24, 2.45) is 11.8 Å². The predicted octanol–water partition coefficient (Wildman–Crippen LogP) is 4.19. The van der Waals surface area contributed by atoms with E-state index < -0.39 is 0 Å². The number of carbonyl (C=O) groups is 2. The molecule has 1 heterocycles. The van der Waals surface area contributed by atoms with Crippen molar-refractivity contribution in [1.82, 2.24) is 0 Å². The van der Waals surface area contributed by atoms with Gasteiger partial charge in [0.1, 0.15) is 12.9 Å². The second kappa shape index (κ2) is 12.3. The Morgan fingerprint density at radius 3 is 2.85 bits per heavy atom. The van der Waals surface area contributed by atoms with E-state index in [1.165, 1.54) is 0 Å². The van der Waals surface area contributed by atoms with Gasteiger partial charge in [-0.2, -0.15) is 0 Å². The molecule has 0 aromatic heterocycles. The van der Waals surface area contributed by atoms with Gasteiger partial charge < -0.3 is 19.0 Å². The first-order chi connectivity index (χ1) is 13.2. The molecule has 0 bridgehead atoms. The van der Waals surface area contributed by atoms with Crippen molar-refractivity contribution in [2.45, 2.75) is 69.1 Å². The normalized spacial score (nSPS) is 31.1. The average molecular weight is 399 g/mol. The Labute approximate surface area is 167 Å². The topological polar surface area (TPSA) is 61.8 Å². The summed E-state index contributed by atoms with van der Waals surface area (Å²) in [5.74, 6) is -0.325. The van der Waals surface area contributed by atoms with Crippen molar-refractivity contribution in [3.8, 4) is 0 Å². The van der Waals surface area contributed by atoms with Crippen LogP contribution in [0, 0.1) is 11.8 Å². The summed E-state index contributed by atoms with van der Waals surface area (Å²) < 4.78 is 16.6. The van der Waals surface area contributed by atoms with Gasteiger partial charge in [-0.05, 0) is 50.9 Å². The summed E-state index contributed by atoms with van der Waals surface area (Å²) >= 11 is 6.51. The largest absolute Gasteiger partial charge is 0.461 e. The molecule has 152 valence electrons. The smallest absolute Gasteiger partial charge is 0.306 e. The number of alkyl halides is 1. The lowest BCUT2D eigenvalue weighted by atomic mass is 9.92. The number of unbranched alkanes of at least 4 members (excludes halogenated alkanes) is 1. The van der Waals surface area contributed by atoms with Crippen molar-refractivity contribution in [2.75, 3.05) is 13.2 Å². The molecule has 1 unspecified atom stereocenters. The van der Waals surface area contributed by atoms with Gasteiger partial charge in [-0.1, -0.05) is 24.8 Å². The van der Waals surface area contributed by atoms with E-state index >= 15 is 0 Å². The number of ether oxygens (including phenoxy) is 3. The molecule has 2 fully saturated rings. The van der Waals surface area contributed by atoms with Gasteiger partial charge in [-0.3, -0.25) is 4.79 Å². The van der Waals surface area contributed by atoms with Gasteiger partial charge in [-0.15, -0.1) is 11.6 Å². The molecule has 0 amide bonds. The molecule has 5 nitrogen and oxygen atoms in total. The lowest BCUT2D eigenvalue weighted by molar-refractivity contribution is -0.194. The van der Waals surface area contributed by atoms with Crippen LogP contribution < -0.4 is 0 Å². The minimum Gasteiger partial charge on any atom is -0.461 e. The molecule has 0 aromatic carbocycles. The van der Waals surface area contributed by atoms with Crippen LogP contribution in [-0.2, 0) is 23.8 Å². The zero-order valence-corrected chi connectivity index (χ0v) is 16.6. The highest BCUT2D eigenvalue weighted by atomic mass is 35.5. The second-order valence-corrected chi connectivity index (χ2v) is 7.73. The number of hydrogen-bond acceptors (Lipinski definition) is 5. The molecule has 0 N–H and O–H groups in total. The third-order valence-corrected chi connectivity index (χ3v) is 5.66. The third-order valence-electron chi connectivity index (χ3n) is 5.16. The molecule has 2 aliphatic rings. The quantitative estimate of drug-likeness (QED) is 0.172. The van der Waals surface area contributed by atoms with Crippen LogP contribution in [0.3, 0.4) is 0 Å². The zero-order chi connectivity index (χ0) is 19.5. The average Bonchev–Trinajstić information content (AvgIpc) is 2.97. The molecular weight excluding hydrogens is 368 g/mol. The number of esters is 1. The van der Waals surface area contributed by atoms with Crippen LogP contribution in [-0.4, -0.2) is 43.2 Å². The van der Waals surface area contributed by atoms with Crippen LogP contribution in [0.25, 0.3) is 0 Å². The summed E-state index contributed by atoms with van der Waals surface area (Å²) in [7, 11) is 0. The lowest BCUT2D eigenvalue weighted by Crippen LogP contribution is -2.31. The molecule has 0 radical (unpaired) electrons. The summed E-state index contributed by atoms with van der Waals surface area (Å²) in [6, 6.07) is 0. The van der Waals surface area contributed by atoms with Crippen LogP contribution in [0.5, 0.6) is 0 Å². The van der Waals surface area contributed by atoms with Gasteiger partial charge in [0, 0.05) is 24.3 Å². The Bertz CT molecular complexity index is 501. The van der Waals surface area contributed by atoms with E-state index in [4.69, 9.17) is 25.8 Å². The number of hydrogen-bond donors (Lipinski definition) is 0. The van der Waals surface area contributed by atoms with E-state index in [1.54, 1.807) is 6.08 Å². The SMILES string of the molecule is C=CCOC(=O)CCC/C=C\C[C@@H]1[C@@H](C=O)[C@H](OC2CCCCO2)C[C@H]1Cl. The fourth-order valence-corrected chi connectivity index (χ4v) is 4.13. The molecule has 1 saturated heterocycles. The standard InChI is InChI=1S/C21H31ClO5/c1-2-12-25-20(24)10-6-4-3-5-9-16-17(15-23)19(14-18(16)22)27-21-11-7-8-13-26-21/h2-3,5,15-19,21H,1,4,6-14H2/b5-3-/t16-,17-,18-,19-,21?/m1/s1. The maximum absolute atomic E-state index is 11.6. The maximum Gasteiger partial charge on any atom is 0.306 e. The van der Waals surface area contributed by atoms with Crippen LogP contribution in [0.4, 0.5) is 0 Å². The first-order valence-electron chi connectivity index (χ1n) is 9.93. The van der Waals surface area contributed by atoms with E-state index in [2.05, 4.69) is 12.7 Å². The number of allylic oxidation sites excluding steroid dienone is 2. The first-order valence-corrected chi connectivity index (χ1v) is 10.4. The Kier molecular flexibility index (Phi) is 10.1. The van der Waals surface area contributed by atoms with Crippen molar-refractivity contribution >= 4 is 23.9 Å². The number of carbonyl (C=O) groups excluding carboxylic acids is 2. The summed E-state index contributed by atoms with van der Waals surface area (Å²) in [5, 5.41) is -0.0766. The van der Waals surface area contributed by atoms with Crippen LogP contribution in [0.15, 0.2) is 24.8 Å². The molecule has 0 aromatic rings. The van der Waals surface area contributed by atoms with Crippen molar-refractivity contribution in [3.63, 3.8) is 0 Å². The molecule has 6 heteroatoms.